The first-order valence-corrected chi connectivity index (χ1v) is 7.82. The van der Waals surface area contributed by atoms with E-state index in [1.807, 2.05) is 6.92 Å². The number of nitrogens with two attached hydrogens (primary N) is 2. The molecule has 0 saturated heterocycles. The fourth-order valence-electron chi connectivity index (χ4n) is 1.72. The Bertz CT molecular complexity index is 729. The Hall–Kier alpha value is -2.19. The number of anilines is 2. The first-order valence-electron chi connectivity index (χ1n) is 6.34. The minimum atomic E-state index is -3.71. The van der Waals surface area contributed by atoms with Crippen LogP contribution >= 0.6 is 0 Å². The maximum absolute atomic E-state index is 12.3. The van der Waals surface area contributed by atoms with E-state index in [1.54, 1.807) is 12.1 Å². The number of nitrogens with one attached hydrogen (secondary N) is 1. The van der Waals surface area contributed by atoms with E-state index in [4.69, 9.17) is 11.5 Å². The molecular formula is C13H17N5O2S. The highest BCUT2D eigenvalue weighted by molar-refractivity contribution is 7.92. The van der Waals surface area contributed by atoms with Crippen LogP contribution in [0.1, 0.15) is 11.4 Å². The highest BCUT2D eigenvalue weighted by Crippen LogP contribution is 2.16. The van der Waals surface area contributed by atoms with E-state index in [-0.39, 0.29) is 16.5 Å². The molecule has 0 saturated carbocycles. The van der Waals surface area contributed by atoms with Gasteiger partial charge in [-0.15, -0.1) is 0 Å². The van der Waals surface area contributed by atoms with Gasteiger partial charge in [0.2, 0.25) is 0 Å². The van der Waals surface area contributed by atoms with Crippen molar-refractivity contribution in [1.29, 1.82) is 0 Å². The molecule has 0 fully saturated rings. The van der Waals surface area contributed by atoms with Crippen LogP contribution in [-0.2, 0) is 16.4 Å². The van der Waals surface area contributed by atoms with Gasteiger partial charge in [0.25, 0.3) is 10.0 Å². The molecule has 0 aliphatic heterocycles. The van der Waals surface area contributed by atoms with E-state index in [1.165, 1.54) is 18.2 Å². The van der Waals surface area contributed by atoms with Crippen molar-refractivity contribution in [1.82, 2.24) is 9.97 Å². The lowest BCUT2D eigenvalue weighted by molar-refractivity contribution is 0.601. The molecule has 21 heavy (non-hydrogen) atoms. The molecule has 2 rings (SSSR count). The third-order valence-electron chi connectivity index (χ3n) is 2.73. The third kappa shape index (κ3) is 3.89. The summed E-state index contributed by atoms with van der Waals surface area (Å²) in [6, 6.07) is 7.88. The number of benzene rings is 1. The smallest absolute Gasteiger partial charge is 0.263 e. The van der Waals surface area contributed by atoms with Crippen LogP contribution in [0.3, 0.4) is 0 Å². The van der Waals surface area contributed by atoms with Gasteiger partial charge in [-0.2, -0.15) is 0 Å². The van der Waals surface area contributed by atoms with E-state index in [0.717, 1.165) is 5.56 Å². The predicted octanol–water partition coefficient (Wildman–Crippen LogP) is 0.669. The molecule has 0 atom stereocenters. The van der Waals surface area contributed by atoms with Crippen LogP contribution in [0.4, 0.5) is 11.6 Å². The lowest BCUT2D eigenvalue weighted by Crippen LogP contribution is -2.16. The van der Waals surface area contributed by atoms with Crippen LogP contribution in [-0.4, -0.2) is 24.9 Å². The average molecular weight is 307 g/mol. The van der Waals surface area contributed by atoms with Gasteiger partial charge in [-0.3, -0.25) is 4.72 Å². The average Bonchev–Trinajstić information content (AvgIpc) is 2.38. The van der Waals surface area contributed by atoms with Crippen LogP contribution in [0.5, 0.6) is 0 Å². The quantitative estimate of drug-likeness (QED) is 0.745. The second-order valence-electron chi connectivity index (χ2n) is 4.55. The van der Waals surface area contributed by atoms with E-state index < -0.39 is 10.0 Å². The molecule has 0 unspecified atom stereocenters. The van der Waals surface area contributed by atoms with Gasteiger partial charge in [-0.05, 0) is 25.6 Å². The molecular weight excluding hydrogens is 290 g/mol. The summed E-state index contributed by atoms with van der Waals surface area (Å²) < 4.78 is 26.9. The predicted molar refractivity (Wildman–Crippen MR) is 81.2 cm³/mol. The van der Waals surface area contributed by atoms with Crippen molar-refractivity contribution in [2.75, 3.05) is 17.0 Å². The Morgan fingerprint density at radius 3 is 2.48 bits per heavy atom. The summed E-state index contributed by atoms with van der Waals surface area (Å²) in [4.78, 5) is 8.24. The summed E-state index contributed by atoms with van der Waals surface area (Å²) in [5, 5.41) is 0. The summed E-state index contributed by atoms with van der Waals surface area (Å²) in [5.74, 6) is 0.723. The zero-order chi connectivity index (χ0) is 15.5. The zero-order valence-electron chi connectivity index (χ0n) is 11.6. The first-order chi connectivity index (χ1) is 9.90. The van der Waals surface area contributed by atoms with Crippen molar-refractivity contribution < 1.29 is 8.42 Å². The lowest BCUT2D eigenvalue weighted by Gasteiger charge is -2.09. The summed E-state index contributed by atoms with van der Waals surface area (Å²) in [6.45, 7) is 2.24. The lowest BCUT2D eigenvalue weighted by atomic mass is 10.2. The number of sulfonamides is 1. The molecule has 0 aliphatic carbocycles. The van der Waals surface area contributed by atoms with Crippen LogP contribution in [0, 0.1) is 6.92 Å². The minimum Gasteiger partial charge on any atom is -0.384 e. The standard InChI is InChI=1S/C13H17N5O2S/c1-9-2-4-10(5-3-9)21(19,20)18-13-8-11(15)16-12(17-13)6-7-14/h2-5,8H,6-7,14H2,1H3,(H3,15,16,17,18). The van der Waals surface area contributed by atoms with Gasteiger partial charge in [0, 0.05) is 12.5 Å². The molecule has 1 aromatic carbocycles. The number of aromatic nitrogens is 2. The van der Waals surface area contributed by atoms with Crippen LogP contribution < -0.4 is 16.2 Å². The van der Waals surface area contributed by atoms with Crippen LogP contribution in [0.2, 0.25) is 0 Å². The molecule has 1 aromatic heterocycles. The molecule has 7 nitrogen and oxygen atoms in total. The van der Waals surface area contributed by atoms with E-state index in [2.05, 4.69) is 14.7 Å². The van der Waals surface area contributed by atoms with Gasteiger partial charge < -0.3 is 11.5 Å². The topological polar surface area (TPSA) is 124 Å². The van der Waals surface area contributed by atoms with Crippen molar-refractivity contribution in [3.8, 4) is 0 Å². The highest BCUT2D eigenvalue weighted by Gasteiger charge is 2.15. The normalized spacial score (nSPS) is 11.3. The number of nitrogen functional groups attached to an aromatic ring is 1. The number of hydrogen-bond donors (Lipinski definition) is 3. The van der Waals surface area contributed by atoms with Crippen molar-refractivity contribution in [2.24, 2.45) is 5.73 Å². The minimum absolute atomic E-state index is 0.131. The van der Waals surface area contributed by atoms with Crippen molar-refractivity contribution >= 4 is 21.7 Å². The van der Waals surface area contributed by atoms with Gasteiger partial charge in [0.1, 0.15) is 17.5 Å². The molecule has 0 aliphatic rings. The second kappa shape index (κ2) is 6.06. The monoisotopic (exact) mass is 307 g/mol. The highest BCUT2D eigenvalue weighted by atomic mass is 32.2. The van der Waals surface area contributed by atoms with E-state index in [0.29, 0.717) is 18.8 Å². The Morgan fingerprint density at radius 1 is 1.19 bits per heavy atom. The number of hydrogen-bond acceptors (Lipinski definition) is 6. The molecule has 2 aromatic rings. The molecule has 1 heterocycles. The van der Waals surface area contributed by atoms with Gasteiger partial charge in [0.05, 0.1) is 4.90 Å². The van der Waals surface area contributed by atoms with Crippen molar-refractivity contribution in [3.05, 3.63) is 41.7 Å². The Labute approximate surface area is 123 Å². The van der Waals surface area contributed by atoms with Gasteiger partial charge >= 0.3 is 0 Å². The Morgan fingerprint density at radius 2 is 1.86 bits per heavy atom. The van der Waals surface area contributed by atoms with Gasteiger partial charge in [0.15, 0.2) is 0 Å². The molecule has 5 N–H and O–H groups in total. The molecule has 112 valence electrons. The maximum atomic E-state index is 12.3. The van der Waals surface area contributed by atoms with E-state index >= 15 is 0 Å². The molecule has 0 amide bonds. The SMILES string of the molecule is Cc1ccc(S(=O)(=O)Nc2cc(N)nc(CCN)n2)cc1. The maximum Gasteiger partial charge on any atom is 0.263 e. The fourth-order valence-corrected chi connectivity index (χ4v) is 2.72. The van der Waals surface area contributed by atoms with E-state index in [9.17, 15) is 8.42 Å². The molecule has 8 heteroatoms. The van der Waals surface area contributed by atoms with Crippen LogP contribution in [0.15, 0.2) is 35.2 Å². The third-order valence-corrected chi connectivity index (χ3v) is 4.10. The molecule has 0 radical (unpaired) electrons. The Balaban J connectivity index is 2.30. The number of nitrogens with zero attached hydrogens (tertiary/aromatic N) is 2. The van der Waals surface area contributed by atoms with Crippen molar-refractivity contribution in [2.45, 2.75) is 18.2 Å². The molecule has 0 bridgehead atoms. The largest absolute Gasteiger partial charge is 0.384 e. The molecule has 0 spiro atoms. The number of rotatable bonds is 5. The van der Waals surface area contributed by atoms with Crippen LogP contribution in [0.25, 0.3) is 0 Å². The van der Waals surface area contributed by atoms with Crippen molar-refractivity contribution in [3.63, 3.8) is 0 Å². The summed E-state index contributed by atoms with van der Waals surface area (Å²) in [6.07, 6.45) is 0.421. The van der Waals surface area contributed by atoms with Gasteiger partial charge in [-0.1, -0.05) is 17.7 Å². The zero-order valence-corrected chi connectivity index (χ0v) is 12.4. The summed E-state index contributed by atoms with van der Waals surface area (Å²) in [5.41, 5.74) is 12.1. The first kappa shape index (κ1) is 15.2. The number of aryl methyl sites for hydroxylation is 1. The second-order valence-corrected chi connectivity index (χ2v) is 6.23. The summed E-state index contributed by atoms with van der Waals surface area (Å²) >= 11 is 0. The summed E-state index contributed by atoms with van der Waals surface area (Å²) in [7, 11) is -3.71. The Kier molecular flexibility index (Phi) is 4.39. The van der Waals surface area contributed by atoms with Gasteiger partial charge in [-0.25, -0.2) is 18.4 Å². The fraction of sp³-hybridized carbons (Fsp3) is 0.231.